The van der Waals surface area contributed by atoms with Gasteiger partial charge in [-0.3, -0.25) is 9.69 Å². The van der Waals surface area contributed by atoms with Gasteiger partial charge in [0.25, 0.3) is 0 Å². The molecule has 12 heteroatoms. The second-order valence-corrected chi connectivity index (χ2v) is 12.2. The maximum absolute atomic E-state index is 13.5. The minimum atomic E-state index is -4.65. The number of nitrogens with one attached hydrogen (secondary N) is 1. The lowest BCUT2D eigenvalue weighted by Gasteiger charge is -2.44. The third-order valence-electron chi connectivity index (χ3n) is 6.99. The van der Waals surface area contributed by atoms with E-state index >= 15 is 0 Å². The molecule has 0 radical (unpaired) electrons. The highest BCUT2D eigenvalue weighted by Gasteiger charge is 2.46. The van der Waals surface area contributed by atoms with E-state index in [-0.39, 0.29) is 27.6 Å². The van der Waals surface area contributed by atoms with Gasteiger partial charge in [-0.1, -0.05) is 17.7 Å². The number of halogens is 5. The number of carbonyl (C=O) groups is 1. The summed E-state index contributed by atoms with van der Waals surface area (Å²) in [5.74, 6) is -0.875. The number of carbonyl (C=O) groups excluding carboxylic acids is 1. The number of sulfonamides is 1. The number of amides is 1. The minimum absolute atomic E-state index is 0.0720. The number of benzene rings is 2. The quantitative estimate of drug-likeness (QED) is 0.451. The van der Waals surface area contributed by atoms with E-state index < -0.39 is 39.2 Å². The molecule has 2 fully saturated rings. The van der Waals surface area contributed by atoms with E-state index in [0.29, 0.717) is 44.8 Å². The van der Waals surface area contributed by atoms with Gasteiger partial charge in [0, 0.05) is 25.2 Å². The lowest BCUT2D eigenvalue weighted by Crippen LogP contribution is -2.57. The number of anilines is 1. The monoisotopic (exact) mass is 561 g/mol. The van der Waals surface area contributed by atoms with Gasteiger partial charge in [0.2, 0.25) is 15.9 Å². The zero-order valence-corrected chi connectivity index (χ0v) is 21.9. The predicted molar refractivity (Wildman–Crippen MR) is 132 cm³/mol. The Balaban J connectivity index is 1.47. The summed E-state index contributed by atoms with van der Waals surface area (Å²) in [5, 5.41) is 2.79. The Labute approximate surface area is 218 Å². The van der Waals surface area contributed by atoms with Crippen LogP contribution in [-0.4, -0.2) is 54.2 Å². The Morgan fingerprint density at radius 2 is 1.65 bits per heavy atom. The maximum Gasteiger partial charge on any atom is 0.416 e. The van der Waals surface area contributed by atoms with Crippen LogP contribution in [-0.2, 0) is 21.0 Å². The van der Waals surface area contributed by atoms with Crippen LogP contribution in [0.2, 0.25) is 5.02 Å². The van der Waals surface area contributed by atoms with E-state index in [2.05, 4.69) is 5.32 Å². The van der Waals surface area contributed by atoms with E-state index in [1.165, 1.54) is 22.5 Å². The van der Waals surface area contributed by atoms with Crippen molar-refractivity contribution in [2.24, 2.45) is 0 Å². The molecule has 0 atom stereocenters. The van der Waals surface area contributed by atoms with Gasteiger partial charge in [-0.2, -0.15) is 17.5 Å². The molecule has 6 nitrogen and oxygen atoms in total. The molecule has 0 aromatic heterocycles. The van der Waals surface area contributed by atoms with Crippen LogP contribution in [0.15, 0.2) is 47.4 Å². The van der Waals surface area contributed by atoms with Crippen molar-refractivity contribution >= 4 is 33.2 Å². The molecule has 0 unspecified atom stereocenters. The summed E-state index contributed by atoms with van der Waals surface area (Å²) >= 11 is 6.03. The number of alkyl halides is 3. The highest BCUT2D eigenvalue weighted by molar-refractivity contribution is 7.89. The summed E-state index contributed by atoms with van der Waals surface area (Å²) in [6, 6.07) is 6.88. The molecule has 0 spiro atoms. The van der Waals surface area contributed by atoms with Crippen molar-refractivity contribution in [3.63, 3.8) is 0 Å². The van der Waals surface area contributed by atoms with Crippen molar-refractivity contribution in [2.75, 3.05) is 18.4 Å². The van der Waals surface area contributed by atoms with E-state index in [1.54, 1.807) is 13.8 Å². The fourth-order valence-corrected chi connectivity index (χ4v) is 6.85. The number of likely N-dealkylation sites (tertiary alicyclic amines) is 1. The van der Waals surface area contributed by atoms with Gasteiger partial charge in [-0.25, -0.2) is 12.8 Å². The van der Waals surface area contributed by atoms with E-state index in [0.717, 1.165) is 18.2 Å². The minimum Gasteiger partial charge on any atom is -0.323 e. The maximum atomic E-state index is 13.5. The number of hydrogen-bond acceptors (Lipinski definition) is 4. The average molecular weight is 562 g/mol. The number of hydrogen-bond donors (Lipinski definition) is 1. The molecular formula is C25H28ClF4N3O3S. The van der Waals surface area contributed by atoms with Crippen LogP contribution in [0.4, 0.5) is 23.2 Å². The lowest BCUT2D eigenvalue weighted by atomic mass is 9.95. The van der Waals surface area contributed by atoms with Crippen LogP contribution in [0.1, 0.15) is 45.1 Å². The Bertz CT molecular complexity index is 1270. The third kappa shape index (κ3) is 5.94. The van der Waals surface area contributed by atoms with Crippen molar-refractivity contribution in [3.8, 4) is 0 Å². The van der Waals surface area contributed by atoms with Gasteiger partial charge < -0.3 is 5.32 Å². The molecule has 37 heavy (non-hydrogen) atoms. The molecule has 4 rings (SSSR count). The molecule has 1 aliphatic carbocycles. The van der Waals surface area contributed by atoms with Crippen LogP contribution in [0, 0.1) is 5.82 Å². The van der Waals surface area contributed by atoms with Crippen molar-refractivity contribution in [1.29, 1.82) is 0 Å². The molecular weight excluding hydrogens is 534 g/mol. The van der Waals surface area contributed by atoms with Gasteiger partial charge in [-0.05, 0) is 75.9 Å². The highest BCUT2D eigenvalue weighted by atomic mass is 35.5. The molecule has 1 heterocycles. The van der Waals surface area contributed by atoms with E-state index in [9.17, 15) is 30.8 Å². The number of nitrogens with zero attached hydrogens (tertiary/aromatic N) is 2. The average Bonchev–Trinajstić information content (AvgIpc) is 3.65. The molecule has 1 saturated heterocycles. The van der Waals surface area contributed by atoms with Gasteiger partial charge in [0.1, 0.15) is 5.82 Å². The first-order valence-electron chi connectivity index (χ1n) is 11.9. The summed E-state index contributed by atoms with van der Waals surface area (Å²) in [6.45, 7) is 4.28. The standard InChI is InChI=1S/C25H28ClF4N3O3S/c1-24(2,23(34)31-22-9-6-17(27)15-21(22)26)32-12-10-19(11-13-32)33(18-7-8-18)37(35,36)20-5-3-4-16(14-20)25(28,29)30/h3-6,9,14-15,18-19H,7-8,10-13H2,1-2H3,(H,31,34). The fraction of sp³-hybridized carbons (Fsp3) is 0.480. The first-order chi connectivity index (χ1) is 17.2. The zero-order valence-electron chi connectivity index (χ0n) is 20.4. The van der Waals surface area contributed by atoms with Gasteiger partial charge in [-0.15, -0.1) is 0 Å². The third-order valence-corrected chi connectivity index (χ3v) is 9.31. The summed E-state index contributed by atoms with van der Waals surface area (Å²) in [6.07, 6.45) is -2.49. The summed E-state index contributed by atoms with van der Waals surface area (Å²) in [7, 11) is -4.15. The second-order valence-electron chi connectivity index (χ2n) is 9.95. The normalized spacial score (nSPS) is 18.3. The van der Waals surface area contributed by atoms with Gasteiger partial charge in [0.05, 0.1) is 26.7 Å². The van der Waals surface area contributed by atoms with Crippen molar-refractivity contribution in [2.45, 2.75) is 68.2 Å². The number of piperidine rings is 1. The van der Waals surface area contributed by atoms with Gasteiger partial charge >= 0.3 is 6.18 Å². The smallest absolute Gasteiger partial charge is 0.323 e. The van der Waals surface area contributed by atoms with Crippen molar-refractivity contribution in [3.05, 3.63) is 58.9 Å². The largest absolute Gasteiger partial charge is 0.416 e. The number of rotatable bonds is 7. The molecule has 2 aliphatic rings. The van der Waals surface area contributed by atoms with Crippen LogP contribution in [0.5, 0.6) is 0 Å². The Morgan fingerprint density at radius 1 is 1.03 bits per heavy atom. The molecule has 1 N–H and O–H groups in total. The first-order valence-corrected chi connectivity index (χ1v) is 13.8. The zero-order chi connectivity index (χ0) is 27.2. The summed E-state index contributed by atoms with van der Waals surface area (Å²) in [5.41, 5.74) is -1.70. The molecule has 0 bridgehead atoms. The van der Waals surface area contributed by atoms with Crippen molar-refractivity contribution in [1.82, 2.24) is 9.21 Å². The summed E-state index contributed by atoms with van der Waals surface area (Å²) in [4.78, 5) is 14.6. The second kappa shape index (κ2) is 10.2. The first kappa shape index (κ1) is 27.8. The lowest BCUT2D eigenvalue weighted by molar-refractivity contribution is -0.137. The predicted octanol–water partition coefficient (Wildman–Crippen LogP) is 5.53. The van der Waals surface area contributed by atoms with Crippen LogP contribution in [0.25, 0.3) is 0 Å². The molecule has 202 valence electrons. The SMILES string of the molecule is CC(C)(C(=O)Nc1ccc(F)cc1Cl)N1CCC(N(C2CC2)S(=O)(=O)c2cccc(C(F)(F)F)c2)CC1. The van der Waals surface area contributed by atoms with Crippen LogP contribution in [0.3, 0.4) is 0 Å². The molecule has 1 amide bonds. The van der Waals surface area contributed by atoms with E-state index in [4.69, 9.17) is 11.6 Å². The Hall–Kier alpha value is -2.21. The molecule has 1 aliphatic heterocycles. The van der Waals surface area contributed by atoms with Gasteiger partial charge in [0.15, 0.2) is 0 Å². The highest BCUT2D eigenvalue weighted by Crippen LogP contribution is 2.39. The van der Waals surface area contributed by atoms with Crippen LogP contribution >= 0.6 is 11.6 Å². The Kier molecular flexibility index (Phi) is 7.64. The van der Waals surface area contributed by atoms with Crippen molar-refractivity contribution < 1.29 is 30.8 Å². The molecule has 2 aromatic carbocycles. The van der Waals surface area contributed by atoms with E-state index in [1.807, 2.05) is 4.90 Å². The van der Waals surface area contributed by atoms with Crippen LogP contribution < -0.4 is 5.32 Å². The molecule has 1 saturated carbocycles. The Morgan fingerprint density at radius 3 is 2.22 bits per heavy atom. The topological polar surface area (TPSA) is 69.7 Å². The molecule has 2 aromatic rings. The summed E-state index contributed by atoms with van der Waals surface area (Å²) < 4.78 is 81.3. The fourth-order valence-electron chi connectivity index (χ4n) is 4.66.